The highest BCUT2D eigenvalue weighted by Crippen LogP contribution is 2.22. The summed E-state index contributed by atoms with van der Waals surface area (Å²) in [4.78, 5) is 18.5. The van der Waals surface area contributed by atoms with E-state index in [1.54, 1.807) is 0 Å². The highest BCUT2D eigenvalue weighted by molar-refractivity contribution is 6.32. The number of hydrogen-bond acceptors (Lipinski definition) is 6. The number of hydrogen-bond donors (Lipinski definition) is 3. The quantitative estimate of drug-likeness (QED) is 0.701. The molecule has 3 N–H and O–H groups in total. The fraction of sp³-hybridized carbons (Fsp3) is 0.222. The second kappa shape index (κ2) is 4.56. The van der Waals surface area contributed by atoms with E-state index in [4.69, 9.17) is 26.2 Å². The molecule has 17 heavy (non-hydrogen) atoms. The van der Waals surface area contributed by atoms with Crippen LogP contribution in [0.1, 0.15) is 10.4 Å². The number of carboxylic acid groups (broad SMARTS) is 1. The Bertz CT molecular complexity index is 569. The Labute approximate surface area is 100 Å². The van der Waals surface area contributed by atoms with E-state index in [9.17, 15) is 4.79 Å². The molecule has 0 spiro atoms. The topological polar surface area (TPSA) is 108 Å². The van der Waals surface area contributed by atoms with Crippen LogP contribution in [0.3, 0.4) is 0 Å². The number of pyridine rings is 1. The van der Waals surface area contributed by atoms with Gasteiger partial charge >= 0.3 is 5.97 Å². The summed E-state index contributed by atoms with van der Waals surface area (Å²) < 4.78 is 5.20. The monoisotopic (exact) mass is 257 g/mol. The van der Waals surface area contributed by atoms with E-state index >= 15 is 0 Å². The summed E-state index contributed by atoms with van der Waals surface area (Å²) in [5, 5.41) is 20.0. The first kappa shape index (κ1) is 11.6. The summed E-state index contributed by atoms with van der Waals surface area (Å²) in [6.07, 6.45) is 0. The number of carboxylic acids is 1. The maximum absolute atomic E-state index is 10.8. The minimum absolute atomic E-state index is 0.0761. The summed E-state index contributed by atoms with van der Waals surface area (Å²) in [5.41, 5.74) is 0.275. The van der Waals surface area contributed by atoms with Gasteiger partial charge in [-0.1, -0.05) is 11.6 Å². The first-order chi connectivity index (χ1) is 8.11. The van der Waals surface area contributed by atoms with E-state index in [1.165, 1.54) is 6.07 Å². The average Bonchev–Trinajstić information content (AvgIpc) is 2.66. The Kier molecular flexibility index (Phi) is 3.12. The Morgan fingerprint density at radius 3 is 2.94 bits per heavy atom. The molecule has 2 heterocycles. The van der Waals surface area contributed by atoms with Crippen LogP contribution in [0, 0.1) is 0 Å². The first-order valence-electron chi connectivity index (χ1n) is 4.67. The summed E-state index contributed by atoms with van der Waals surface area (Å²) in [6, 6.07) is 1.41. The van der Waals surface area contributed by atoms with Gasteiger partial charge in [0, 0.05) is 12.6 Å². The van der Waals surface area contributed by atoms with E-state index in [1.807, 2.05) is 0 Å². The molecule has 0 aliphatic carbocycles. The molecule has 0 saturated heterocycles. The SMILES string of the molecule is O=C(O)c1cc2oc(NCCO)nc2nc1Cl. The molecule has 0 aliphatic rings. The van der Waals surface area contributed by atoms with Crippen LogP contribution < -0.4 is 5.32 Å². The van der Waals surface area contributed by atoms with Crippen LogP contribution >= 0.6 is 11.6 Å². The van der Waals surface area contributed by atoms with Gasteiger partial charge in [-0.2, -0.15) is 4.98 Å². The molecule has 90 valence electrons. The molecule has 0 aliphatic heterocycles. The van der Waals surface area contributed by atoms with Crippen molar-refractivity contribution in [3.05, 3.63) is 16.8 Å². The highest BCUT2D eigenvalue weighted by Gasteiger charge is 2.15. The van der Waals surface area contributed by atoms with E-state index < -0.39 is 5.97 Å². The van der Waals surface area contributed by atoms with Crippen LogP contribution in [-0.2, 0) is 0 Å². The molecule has 0 fully saturated rings. The Balaban J connectivity index is 2.43. The molecule has 0 amide bonds. The van der Waals surface area contributed by atoms with Crippen molar-refractivity contribution in [2.24, 2.45) is 0 Å². The van der Waals surface area contributed by atoms with E-state index in [2.05, 4.69) is 15.3 Å². The zero-order chi connectivity index (χ0) is 12.4. The van der Waals surface area contributed by atoms with Gasteiger partial charge in [0.2, 0.25) is 5.65 Å². The Morgan fingerprint density at radius 2 is 2.29 bits per heavy atom. The molecule has 0 radical (unpaired) electrons. The largest absolute Gasteiger partial charge is 0.478 e. The van der Waals surface area contributed by atoms with Crippen molar-refractivity contribution in [3.63, 3.8) is 0 Å². The third kappa shape index (κ3) is 2.29. The molecule has 8 heteroatoms. The normalized spacial score (nSPS) is 10.7. The van der Waals surface area contributed by atoms with E-state index in [0.29, 0.717) is 0 Å². The molecule has 0 bridgehead atoms. The molecular formula is C9H8ClN3O4. The van der Waals surface area contributed by atoms with Crippen LogP contribution in [0.25, 0.3) is 11.2 Å². The van der Waals surface area contributed by atoms with Crippen molar-refractivity contribution < 1.29 is 19.4 Å². The number of halogens is 1. The van der Waals surface area contributed by atoms with Gasteiger partial charge in [-0.25, -0.2) is 9.78 Å². The number of aromatic carboxylic acids is 1. The van der Waals surface area contributed by atoms with Gasteiger partial charge in [-0.15, -0.1) is 0 Å². The molecular weight excluding hydrogens is 250 g/mol. The lowest BCUT2D eigenvalue weighted by molar-refractivity contribution is 0.0696. The Morgan fingerprint density at radius 1 is 1.53 bits per heavy atom. The molecule has 0 unspecified atom stereocenters. The highest BCUT2D eigenvalue weighted by atomic mass is 35.5. The number of aliphatic hydroxyl groups excluding tert-OH is 1. The van der Waals surface area contributed by atoms with Gasteiger partial charge < -0.3 is 19.9 Å². The molecule has 2 aromatic rings. The van der Waals surface area contributed by atoms with Gasteiger partial charge in [0.1, 0.15) is 10.7 Å². The summed E-state index contributed by atoms with van der Waals surface area (Å²) in [6.45, 7) is 0.194. The number of aliphatic hydroxyl groups is 1. The third-order valence-corrected chi connectivity index (χ3v) is 2.24. The molecule has 0 saturated carbocycles. The number of rotatable bonds is 4. The maximum Gasteiger partial charge on any atom is 0.338 e. The van der Waals surface area contributed by atoms with Crippen LogP contribution in [0.4, 0.5) is 6.01 Å². The summed E-state index contributed by atoms with van der Waals surface area (Å²) in [7, 11) is 0. The second-order valence-electron chi connectivity index (χ2n) is 3.12. The summed E-state index contributed by atoms with van der Waals surface area (Å²) >= 11 is 5.68. The lowest BCUT2D eigenvalue weighted by Gasteiger charge is -1.95. The van der Waals surface area contributed by atoms with Gasteiger partial charge in [-0.3, -0.25) is 0 Å². The maximum atomic E-state index is 10.8. The van der Waals surface area contributed by atoms with Gasteiger partial charge in [0.05, 0.1) is 6.61 Å². The number of fused-ring (bicyclic) bond motifs is 1. The van der Waals surface area contributed by atoms with Crippen LogP contribution in [0.15, 0.2) is 10.5 Å². The number of aromatic nitrogens is 2. The minimum Gasteiger partial charge on any atom is -0.478 e. The van der Waals surface area contributed by atoms with Gasteiger partial charge in [0.15, 0.2) is 5.58 Å². The lowest BCUT2D eigenvalue weighted by atomic mass is 10.3. The standard InChI is InChI=1S/C9H8ClN3O4/c10-6-4(8(15)16)3-5-7(12-6)13-9(17-5)11-1-2-14/h3,14H,1-2H2,(H,15,16)(H,11,12,13). The van der Waals surface area contributed by atoms with Gasteiger partial charge in [-0.05, 0) is 0 Å². The van der Waals surface area contributed by atoms with Crippen molar-refractivity contribution >= 4 is 34.8 Å². The fourth-order valence-corrected chi connectivity index (χ4v) is 1.45. The summed E-state index contributed by atoms with van der Waals surface area (Å²) in [5.74, 6) is -1.19. The second-order valence-corrected chi connectivity index (χ2v) is 3.48. The zero-order valence-electron chi connectivity index (χ0n) is 8.47. The van der Waals surface area contributed by atoms with Crippen LogP contribution in [-0.4, -0.2) is 39.3 Å². The number of oxazole rings is 1. The Hall–Kier alpha value is -1.86. The molecule has 2 aromatic heterocycles. The number of carbonyl (C=O) groups is 1. The average molecular weight is 258 g/mol. The molecule has 0 aromatic carbocycles. The van der Waals surface area contributed by atoms with Crippen molar-refractivity contribution in [2.45, 2.75) is 0 Å². The zero-order valence-corrected chi connectivity index (χ0v) is 9.23. The van der Waals surface area contributed by atoms with Crippen LogP contribution in [0.2, 0.25) is 5.15 Å². The molecule has 0 atom stereocenters. The molecule has 7 nitrogen and oxygen atoms in total. The van der Waals surface area contributed by atoms with Gasteiger partial charge in [0.25, 0.3) is 6.01 Å². The third-order valence-electron chi connectivity index (χ3n) is 1.95. The minimum atomic E-state index is -1.19. The van der Waals surface area contributed by atoms with Crippen molar-refractivity contribution in [1.29, 1.82) is 0 Å². The van der Waals surface area contributed by atoms with Crippen molar-refractivity contribution in [2.75, 3.05) is 18.5 Å². The number of anilines is 1. The van der Waals surface area contributed by atoms with Crippen molar-refractivity contribution in [1.82, 2.24) is 9.97 Å². The lowest BCUT2D eigenvalue weighted by Crippen LogP contribution is -2.05. The number of nitrogens with one attached hydrogen (secondary N) is 1. The van der Waals surface area contributed by atoms with Crippen molar-refractivity contribution in [3.8, 4) is 0 Å². The fourth-order valence-electron chi connectivity index (χ4n) is 1.23. The van der Waals surface area contributed by atoms with E-state index in [0.717, 1.165) is 0 Å². The first-order valence-corrected chi connectivity index (χ1v) is 5.04. The predicted molar refractivity (Wildman–Crippen MR) is 59.3 cm³/mol. The number of nitrogens with zero attached hydrogens (tertiary/aromatic N) is 2. The van der Waals surface area contributed by atoms with Crippen LogP contribution in [0.5, 0.6) is 0 Å². The van der Waals surface area contributed by atoms with E-state index in [-0.39, 0.29) is 41.1 Å². The predicted octanol–water partition coefficient (Wildman–Crippen LogP) is 0.979. The smallest absolute Gasteiger partial charge is 0.338 e. The molecule has 2 rings (SSSR count).